The Morgan fingerprint density at radius 3 is 2.81 bits per heavy atom. The molecule has 1 aliphatic heterocycles. The van der Waals surface area contributed by atoms with Gasteiger partial charge in [-0.2, -0.15) is 0 Å². The SMILES string of the molecule is CCNC(=NCC1CN(C)CCO1)NCCC(C)N(C)Cc1ccccc1. The molecule has 1 aromatic rings. The van der Waals surface area contributed by atoms with Crippen LogP contribution in [0, 0.1) is 0 Å². The molecule has 152 valence electrons. The highest BCUT2D eigenvalue weighted by Crippen LogP contribution is 2.08. The lowest BCUT2D eigenvalue weighted by molar-refractivity contribution is -0.0136. The van der Waals surface area contributed by atoms with Gasteiger partial charge in [-0.15, -0.1) is 0 Å². The Morgan fingerprint density at radius 2 is 2.11 bits per heavy atom. The number of hydrogen-bond donors (Lipinski definition) is 2. The van der Waals surface area contributed by atoms with Crippen LogP contribution in [-0.4, -0.2) is 81.3 Å². The van der Waals surface area contributed by atoms with Gasteiger partial charge in [0.2, 0.25) is 0 Å². The molecule has 2 rings (SSSR count). The van der Waals surface area contributed by atoms with Gasteiger partial charge >= 0.3 is 0 Å². The number of ether oxygens (including phenoxy) is 1. The van der Waals surface area contributed by atoms with Crippen molar-refractivity contribution in [3.8, 4) is 0 Å². The minimum absolute atomic E-state index is 0.190. The molecule has 1 aliphatic rings. The van der Waals surface area contributed by atoms with Crippen molar-refractivity contribution in [1.29, 1.82) is 0 Å². The molecule has 0 bridgehead atoms. The number of hydrogen-bond acceptors (Lipinski definition) is 4. The van der Waals surface area contributed by atoms with Gasteiger partial charge in [0.1, 0.15) is 0 Å². The molecule has 1 aromatic carbocycles. The predicted octanol–water partition coefficient (Wildman–Crippen LogP) is 1.78. The van der Waals surface area contributed by atoms with Crippen LogP contribution < -0.4 is 10.6 Å². The van der Waals surface area contributed by atoms with Crippen molar-refractivity contribution in [2.24, 2.45) is 4.99 Å². The fraction of sp³-hybridized carbons (Fsp3) is 0.667. The standard InChI is InChI=1S/C21H37N5O/c1-5-22-21(24-15-20-17-25(3)13-14-27-20)23-12-11-18(2)26(4)16-19-9-7-6-8-10-19/h6-10,18,20H,5,11-17H2,1-4H3,(H2,22,23,24). The van der Waals surface area contributed by atoms with Crippen molar-refractivity contribution in [1.82, 2.24) is 20.4 Å². The summed E-state index contributed by atoms with van der Waals surface area (Å²) < 4.78 is 5.80. The molecule has 2 N–H and O–H groups in total. The summed E-state index contributed by atoms with van der Waals surface area (Å²) in [5.41, 5.74) is 1.35. The maximum atomic E-state index is 5.80. The van der Waals surface area contributed by atoms with Crippen LogP contribution >= 0.6 is 0 Å². The molecule has 0 radical (unpaired) electrons. The normalized spacial score (nSPS) is 19.9. The number of benzene rings is 1. The van der Waals surface area contributed by atoms with E-state index in [2.05, 4.69) is 78.7 Å². The smallest absolute Gasteiger partial charge is 0.191 e. The lowest BCUT2D eigenvalue weighted by atomic mass is 10.1. The first kappa shape index (κ1) is 21.7. The average Bonchev–Trinajstić information content (AvgIpc) is 2.67. The number of aliphatic imine (C=N–C) groups is 1. The van der Waals surface area contributed by atoms with E-state index in [0.29, 0.717) is 12.6 Å². The molecule has 1 saturated heterocycles. The Kier molecular flexibility index (Phi) is 9.59. The van der Waals surface area contributed by atoms with E-state index in [9.17, 15) is 0 Å². The van der Waals surface area contributed by atoms with Crippen LogP contribution in [0.25, 0.3) is 0 Å². The Balaban J connectivity index is 1.73. The molecule has 6 heteroatoms. The maximum absolute atomic E-state index is 5.80. The van der Waals surface area contributed by atoms with Crippen LogP contribution in [0.1, 0.15) is 25.8 Å². The van der Waals surface area contributed by atoms with Crippen LogP contribution in [-0.2, 0) is 11.3 Å². The van der Waals surface area contributed by atoms with E-state index in [4.69, 9.17) is 9.73 Å². The molecule has 0 saturated carbocycles. The molecule has 2 unspecified atom stereocenters. The molecule has 6 nitrogen and oxygen atoms in total. The summed E-state index contributed by atoms with van der Waals surface area (Å²) in [5, 5.41) is 6.80. The molecule has 27 heavy (non-hydrogen) atoms. The van der Waals surface area contributed by atoms with Gasteiger partial charge in [-0.3, -0.25) is 9.89 Å². The minimum atomic E-state index is 0.190. The third-order valence-electron chi connectivity index (χ3n) is 5.02. The van der Waals surface area contributed by atoms with E-state index >= 15 is 0 Å². The van der Waals surface area contributed by atoms with Gasteiger partial charge in [0, 0.05) is 38.8 Å². The zero-order valence-electron chi connectivity index (χ0n) is 17.4. The topological polar surface area (TPSA) is 52.1 Å². The molecule has 0 spiro atoms. The summed E-state index contributed by atoms with van der Waals surface area (Å²) in [6.07, 6.45) is 1.26. The molecule has 0 aliphatic carbocycles. The number of rotatable bonds is 9. The molecule has 2 atom stereocenters. The van der Waals surface area contributed by atoms with E-state index in [-0.39, 0.29) is 6.10 Å². The number of morpholine rings is 1. The molecule has 1 fully saturated rings. The maximum Gasteiger partial charge on any atom is 0.191 e. The van der Waals surface area contributed by atoms with Gasteiger partial charge in [0.15, 0.2) is 5.96 Å². The third-order valence-corrected chi connectivity index (χ3v) is 5.02. The number of likely N-dealkylation sites (N-methyl/N-ethyl adjacent to an activating group) is 1. The summed E-state index contributed by atoms with van der Waals surface area (Å²) in [7, 11) is 4.32. The van der Waals surface area contributed by atoms with E-state index in [1.165, 1.54) is 5.56 Å². The Labute approximate surface area is 165 Å². The average molecular weight is 376 g/mol. The monoisotopic (exact) mass is 375 g/mol. The van der Waals surface area contributed by atoms with Gasteiger partial charge < -0.3 is 20.3 Å². The lowest BCUT2D eigenvalue weighted by Crippen LogP contribution is -2.43. The minimum Gasteiger partial charge on any atom is -0.374 e. The van der Waals surface area contributed by atoms with Crippen molar-refractivity contribution in [2.45, 2.75) is 39.0 Å². The number of nitrogens with zero attached hydrogens (tertiary/aromatic N) is 3. The third kappa shape index (κ3) is 8.28. The summed E-state index contributed by atoms with van der Waals surface area (Å²) in [5.74, 6) is 0.882. The first-order valence-corrected chi connectivity index (χ1v) is 10.1. The van der Waals surface area contributed by atoms with E-state index in [0.717, 1.165) is 51.7 Å². The number of guanidine groups is 1. The zero-order valence-corrected chi connectivity index (χ0v) is 17.4. The van der Waals surface area contributed by atoms with E-state index in [1.807, 2.05) is 0 Å². The summed E-state index contributed by atoms with van der Waals surface area (Å²) in [6.45, 7) is 10.6. The Bertz CT molecular complexity index is 551. The van der Waals surface area contributed by atoms with Crippen LogP contribution in [0.2, 0.25) is 0 Å². The molecule has 0 amide bonds. The molecule has 0 aromatic heterocycles. The van der Waals surface area contributed by atoms with Crippen molar-refractivity contribution in [2.75, 3.05) is 53.4 Å². The highest BCUT2D eigenvalue weighted by atomic mass is 16.5. The van der Waals surface area contributed by atoms with Gasteiger partial charge in [0.05, 0.1) is 19.3 Å². The van der Waals surface area contributed by atoms with Gasteiger partial charge in [-0.25, -0.2) is 0 Å². The fourth-order valence-corrected chi connectivity index (χ4v) is 3.16. The summed E-state index contributed by atoms with van der Waals surface area (Å²) >= 11 is 0. The second-order valence-electron chi connectivity index (χ2n) is 7.44. The van der Waals surface area contributed by atoms with Crippen LogP contribution in [0.4, 0.5) is 0 Å². The predicted molar refractivity (Wildman–Crippen MR) is 113 cm³/mol. The highest BCUT2D eigenvalue weighted by molar-refractivity contribution is 5.79. The quantitative estimate of drug-likeness (QED) is 0.509. The Morgan fingerprint density at radius 1 is 1.33 bits per heavy atom. The summed E-state index contributed by atoms with van der Waals surface area (Å²) in [6, 6.07) is 11.1. The van der Waals surface area contributed by atoms with Crippen LogP contribution in [0.5, 0.6) is 0 Å². The van der Waals surface area contributed by atoms with Gasteiger partial charge in [0.25, 0.3) is 0 Å². The second-order valence-corrected chi connectivity index (χ2v) is 7.44. The van der Waals surface area contributed by atoms with E-state index < -0.39 is 0 Å². The second kappa shape index (κ2) is 12.0. The Hall–Kier alpha value is -1.63. The highest BCUT2D eigenvalue weighted by Gasteiger charge is 2.17. The van der Waals surface area contributed by atoms with Crippen LogP contribution in [0.3, 0.4) is 0 Å². The largest absolute Gasteiger partial charge is 0.374 e. The van der Waals surface area contributed by atoms with E-state index in [1.54, 1.807) is 0 Å². The summed E-state index contributed by atoms with van der Waals surface area (Å²) in [4.78, 5) is 9.41. The van der Waals surface area contributed by atoms with Crippen molar-refractivity contribution in [3.63, 3.8) is 0 Å². The van der Waals surface area contributed by atoms with Crippen molar-refractivity contribution >= 4 is 5.96 Å². The van der Waals surface area contributed by atoms with Crippen molar-refractivity contribution in [3.05, 3.63) is 35.9 Å². The molecular weight excluding hydrogens is 338 g/mol. The lowest BCUT2D eigenvalue weighted by Gasteiger charge is -2.29. The van der Waals surface area contributed by atoms with Crippen molar-refractivity contribution < 1.29 is 4.74 Å². The van der Waals surface area contributed by atoms with Gasteiger partial charge in [-0.05, 0) is 39.9 Å². The fourth-order valence-electron chi connectivity index (χ4n) is 3.16. The molecule has 1 heterocycles. The zero-order chi connectivity index (χ0) is 19.5. The van der Waals surface area contributed by atoms with Crippen LogP contribution in [0.15, 0.2) is 35.3 Å². The van der Waals surface area contributed by atoms with Gasteiger partial charge in [-0.1, -0.05) is 30.3 Å². The first-order chi connectivity index (χ1) is 13.1. The number of nitrogens with one attached hydrogen (secondary N) is 2. The molecular formula is C21H37N5O. The first-order valence-electron chi connectivity index (χ1n) is 10.1.